The van der Waals surface area contributed by atoms with E-state index in [2.05, 4.69) is 15.3 Å². The second-order valence-corrected chi connectivity index (χ2v) is 5.58. The van der Waals surface area contributed by atoms with Crippen LogP contribution in [0.15, 0.2) is 48.5 Å². The van der Waals surface area contributed by atoms with Gasteiger partial charge >= 0.3 is 0 Å². The number of hydrogen-bond acceptors (Lipinski definition) is 4. The highest BCUT2D eigenvalue weighted by Crippen LogP contribution is 2.21. The second kappa shape index (κ2) is 7.59. The molecule has 0 atom stereocenters. The monoisotopic (exact) mass is 338 g/mol. The molecule has 2 amide bonds. The first-order valence-electron chi connectivity index (χ1n) is 7.93. The maximum atomic E-state index is 12.2. The molecule has 0 bridgehead atoms. The number of hydroxylamine groups is 1. The van der Waals surface area contributed by atoms with Crippen LogP contribution < -0.4 is 10.8 Å². The standard InChI is InChI=1S/C18H18N4O3/c23-16(22-25)7-4-10-19-18(24)13-8-9-14-15(11-13)21-17(20-14)12-5-2-1-3-6-12/h1-3,5-6,8-9,11,25H,4,7,10H2,(H,19,24)(H,20,21)(H,22,23). The molecule has 128 valence electrons. The van der Waals surface area contributed by atoms with Crippen LogP contribution >= 0.6 is 0 Å². The van der Waals surface area contributed by atoms with Gasteiger partial charge in [0.2, 0.25) is 5.91 Å². The number of amides is 2. The number of fused-ring (bicyclic) bond motifs is 1. The molecule has 1 heterocycles. The van der Waals surface area contributed by atoms with Crippen LogP contribution in [0.3, 0.4) is 0 Å². The summed E-state index contributed by atoms with van der Waals surface area (Å²) in [5.41, 5.74) is 4.62. The molecule has 7 nitrogen and oxygen atoms in total. The molecule has 0 aliphatic rings. The van der Waals surface area contributed by atoms with Gasteiger partial charge in [0.25, 0.3) is 5.91 Å². The van der Waals surface area contributed by atoms with Gasteiger partial charge in [0.1, 0.15) is 5.82 Å². The molecule has 3 rings (SSSR count). The molecule has 7 heteroatoms. The van der Waals surface area contributed by atoms with E-state index in [0.717, 1.165) is 22.4 Å². The molecule has 0 unspecified atom stereocenters. The van der Waals surface area contributed by atoms with Crippen molar-refractivity contribution < 1.29 is 14.8 Å². The molecule has 0 aliphatic heterocycles. The summed E-state index contributed by atoms with van der Waals surface area (Å²) in [4.78, 5) is 30.8. The van der Waals surface area contributed by atoms with Crippen LogP contribution in [0, 0.1) is 0 Å². The first-order valence-corrected chi connectivity index (χ1v) is 7.93. The van der Waals surface area contributed by atoms with E-state index in [-0.39, 0.29) is 12.3 Å². The normalized spacial score (nSPS) is 10.6. The Bertz CT molecular complexity index is 890. The molecule has 3 aromatic rings. The first kappa shape index (κ1) is 16.7. The molecule has 2 aromatic carbocycles. The third-order valence-corrected chi connectivity index (χ3v) is 3.78. The summed E-state index contributed by atoms with van der Waals surface area (Å²) < 4.78 is 0. The number of nitrogens with one attached hydrogen (secondary N) is 3. The molecule has 0 saturated heterocycles. The van der Waals surface area contributed by atoms with Crippen LogP contribution in [0.25, 0.3) is 22.4 Å². The summed E-state index contributed by atoms with van der Waals surface area (Å²) in [5.74, 6) is 0.0620. The number of benzene rings is 2. The smallest absolute Gasteiger partial charge is 0.251 e. The summed E-state index contributed by atoms with van der Waals surface area (Å²) in [5, 5.41) is 11.2. The summed E-state index contributed by atoms with van der Waals surface area (Å²) in [6.07, 6.45) is 0.597. The maximum absolute atomic E-state index is 12.2. The molecule has 0 aliphatic carbocycles. The van der Waals surface area contributed by atoms with Crippen molar-refractivity contribution in [3.8, 4) is 11.4 Å². The van der Waals surface area contributed by atoms with Crippen molar-refractivity contribution in [2.24, 2.45) is 0 Å². The van der Waals surface area contributed by atoms with Gasteiger partial charge in [-0.3, -0.25) is 14.8 Å². The van der Waals surface area contributed by atoms with Gasteiger partial charge < -0.3 is 10.3 Å². The minimum Gasteiger partial charge on any atom is -0.352 e. The highest BCUT2D eigenvalue weighted by Gasteiger charge is 2.10. The van der Waals surface area contributed by atoms with Crippen molar-refractivity contribution >= 4 is 22.8 Å². The highest BCUT2D eigenvalue weighted by molar-refractivity contribution is 5.97. The molecule has 0 fully saturated rings. The Morgan fingerprint density at radius 3 is 2.68 bits per heavy atom. The Morgan fingerprint density at radius 1 is 1.12 bits per heavy atom. The fourth-order valence-corrected chi connectivity index (χ4v) is 2.49. The average Bonchev–Trinajstić information content (AvgIpc) is 3.08. The van der Waals surface area contributed by atoms with Crippen molar-refractivity contribution in [3.63, 3.8) is 0 Å². The van der Waals surface area contributed by atoms with Crippen LogP contribution in [0.4, 0.5) is 0 Å². The molecule has 4 N–H and O–H groups in total. The Kier molecular flexibility index (Phi) is 5.06. The average molecular weight is 338 g/mol. The largest absolute Gasteiger partial charge is 0.352 e. The fourth-order valence-electron chi connectivity index (χ4n) is 2.49. The molecule has 0 saturated carbocycles. The summed E-state index contributed by atoms with van der Waals surface area (Å²) in [7, 11) is 0. The lowest BCUT2D eigenvalue weighted by atomic mass is 10.2. The number of carbonyl (C=O) groups is 2. The molecule has 1 aromatic heterocycles. The van der Waals surface area contributed by atoms with Crippen molar-refractivity contribution in [3.05, 3.63) is 54.1 Å². The van der Waals surface area contributed by atoms with Crippen LogP contribution in [0.1, 0.15) is 23.2 Å². The van der Waals surface area contributed by atoms with Crippen molar-refractivity contribution in [1.82, 2.24) is 20.8 Å². The van der Waals surface area contributed by atoms with E-state index in [4.69, 9.17) is 5.21 Å². The van der Waals surface area contributed by atoms with Crippen molar-refractivity contribution in [2.45, 2.75) is 12.8 Å². The fraction of sp³-hybridized carbons (Fsp3) is 0.167. The van der Waals surface area contributed by atoms with E-state index in [1.807, 2.05) is 30.3 Å². The third kappa shape index (κ3) is 4.02. The van der Waals surface area contributed by atoms with Crippen molar-refractivity contribution in [1.29, 1.82) is 0 Å². The van der Waals surface area contributed by atoms with Gasteiger partial charge in [-0.15, -0.1) is 0 Å². The van der Waals surface area contributed by atoms with Gasteiger partial charge in [-0.25, -0.2) is 10.5 Å². The van der Waals surface area contributed by atoms with Gasteiger partial charge in [0, 0.05) is 24.1 Å². The van der Waals surface area contributed by atoms with E-state index >= 15 is 0 Å². The third-order valence-electron chi connectivity index (χ3n) is 3.78. The van der Waals surface area contributed by atoms with E-state index in [1.54, 1.807) is 23.7 Å². The quantitative estimate of drug-likeness (QED) is 0.314. The lowest BCUT2D eigenvalue weighted by molar-refractivity contribution is -0.129. The molecule has 0 radical (unpaired) electrons. The zero-order chi connectivity index (χ0) is 17.6. The molecule has 25 heavy (non-hydrogen) atoms. The Morgan fingerprint density at radius 2 is 1.92 bits per heavy atom. The first-order chi connectivity index (χ1) is 12.2. The molecular formula is C18H18N4O3. The van der Waals surface area contributed by atoms with Crippen LogP contribution in [0.2, 0.25) is 0 Å². The highest BCUT2D eigenvalue weighted by atomic mass is 16.5. The predicted octanol–water partition coefficient (Wildman–Crippen LogP) is 2.25. The lowest BCUT2D eigenvalue weighted by Crippen LogP contribution is -2.26. The number of aromatic amines is 1. The Balaban J connectivity index is 1.68. The second-order valence-electron chi connectivity index (χ2n) is 5.58. The number of nitrogens with zero attached hydrogens (tertiary/aromatic N) is 1. The predicted molar refractivity (Wildman–Crippen MR) is 93.0 cm³/mol. The van der Waals surface area contributed by atoms with Gasteiger partial charge in [0.05, 0.1) is 11.0 Å². The minimum atomic E-state index is -0.471. The van der Waals surface area contributed by atoms with Crippen LogP contribution in [-0.4, -0.2) is 33.5 Å². The maximum Gasteiger partial charge on any atom is 0.251 e. The van der Waals surface area contributed by atoms with Gasteiger partial charge in [-0.05, 0) is 24.6 Å². The summed E-state index contributed by atoms with van der Waals surface area (Å²) in [6.45, 7) is 0.350. The van der Waals surface area contributed by atoms with E-state index in [9.17, 15) is 9.59 Å². The zero-order valence-corrected chi connectivity index (χ0v) is 13.5. The topological polar surface area (TPSA) is 107 Å². The van der Waals surface area contributed by atoms with Gasteiger partial charge in [-0.1, -0.05) is 30.3 Å². The van der Waals surface area contributed by atoms with E-state index in [1.165, 1.54) is 0 Å². The number of hydrogen-bond donors (Lipinski definition) is 4. The minimum absolute atomic E-state index is 0.150. The Labute approximate surface area is 144 Å². The number of carbonyl (C=O) groups excluding carboxylic acids is 2. The van der Waals surface area contributed by atoms with Crippen molar-refractivity contribution in [2.75, 3.05) is 6.54 Å². The summed E-state index contributed by atoms with van der Waals surface area (Å²) >= 11 is 0. The zero-order valence-electron chi connectivity index (χ0n) is 13.5. The molecular weight excluding hydrogens is 320 g/mol. The number of imidazole rings is 1. The van der Waals surface area contributed by atoms with E-state index in [0.29, 0.717) is 18.5 Å². The number of rotatable bonds is 6. The van der Waals surface area contributed by atoms with Crippen LogP contribution in [0.5, 0.6) is 0 Å². The van der Waals surface area contributed by atoms with Gasteiger partial charge in [-0.2, -0.15) is 0 Å². The summed E-state index contributed by atoms with van der Waals surface area (Å²) in [6, 6.07) is 15.0. The molecule has 0 spiro atoms. The number of H-pyrrole nitrogens is 1. The number of aromatic nitrogens is 2. The van der Waals surface area contributed by atoms with Crippen LogP contribution in [-0.2, 0) is 4.79 Å². The SMILES string of the molecule is O=C(CCCNC(=O)c1ccc2nc(-c3ccccc3)[nH]c2c1)NO. The van der Waals surface area contributed by atoms with Gasteiger partial charge in [0.15, 0.2) is 0 Å². The Hall–Kier alpha value is -3.19. The lowest BCUT2D eigenvalue weighted by Gasteiger charge is -2.04. The van der Waals surface area contributed by atoms with E-state index < -0.39 is 5.91 Å².